The molecule has 190 valence electrons. The summed E-state index contributed by atoms with van der Waals surface area (Å²) in [5.74, 6) is 1.84. The first kappa shape index (κ1) is 21.9. The zero-order chi connectivity index (χ0) is 25.9. The largest absolute Gasteiger partial charge is 0.486 e. The number of hydrogen-bond acceptors (Lipinski definition) is 7. The van der Waals surface area contributed by atoms with Gasteiger partial charge in [-0.2, -0.15) is 10.1 Å². The molecule has 1 aliphatic heterocycles. The van der Waals surface area contributed by atoms with Crippen molar-refractivity contribution >= 4 is 27.9 Å². The van der Waals surface area contributed by atoms with E-state index >= 15 is 0 Å². The van der Waals surface area contributed by atoms with Crippen molar-refractivity contribution in [3.8, 4) is 28.3 Å². The van der Waals surface area contributed by atoms with Gasteiger partial charge in [0.2, 0.25) is 5.95 Å². The molecule has 2 aliphatic rings. The van der Waals surface area contributed by atoms with Gasteiger partial charge in [0.05, 0.1) is 23.0 Å². The molecule has 2 N–H and O–H groups in total. The Bertz CT molecular complexity index is 1980. The maximum Gasteiger partial charge on any atom is 0.267 e. The summed E-state index contributed by atoms with van der Waals surface area (Å²) in [4.78, 5) is 23.3. The Balaban J connectivity index is 1.22. The van der Waals surface area contributed by atoms with Gasteiger partial charge in [-0.15, -0.1) is 0 Å². The number of rotatable bonds is 4. The number of hydrogen-bond donors (Lipinski definition) is 2. The van der Waals surface area contributed by atoms with Crippen molar-refractivity contribution in [2.45, 2.75) is 12.5 Å². The van der Waals surface area contributed by atoms with E-state index in [-0.39, 0.29) is 11.7 Å². The summed E-state index contributed by atoms with van der Waals surface area (Å²) in [5, 5.41) is 11.6. The number of anilines is 1. The molecule has 1 atom stereocenters. The predicted molar refractivity (Wildman–Crippen MR) is 148 cm³/mol. The number of fused-ring (bicyclic) bond motifs is 7. The van der Waals surface area contributed by atoms with Crippen molar-refractivity contribution in [3.63, 3.8) is 0 Å². The van der Waals surface area contributed by atoms with Crippen LogP contribution in [-0.2, 0) is 6.42 Å². The van der Waals surface area contributed by atoms with Crippen LogP contribution in [-0.4, -0.2) is 44.0 Å². The number of nitrogens with zero attached hydrogens (tertiary/aromatic N) is 4. The molecule has 0 fully saturated rings. The number of pyridine rings is 1. The predicted octanol–water partition coefficient (Wildman–Crippen LogP) is 4.48. The summed E-state index contributed by atoms with van der Waals surface area (Å²) in [6, 6.07) is 22.1. The number of aromatic amines is 1. The van der Waals surface area contributed by atoms with Crippen LogP contribution in [0.1, 0.15) is 11.1 Å². The van der Waals surface area contributed by atoms with Gasteiger partial charge in [-0.1, -0.05) is 48.5 Å². The molecule has 9 heteroatoms. The van der Waals surface area contributed by atoms with Gasteiger partial charge in [-0.3, -0.25) is 14.5 Å². The van der Waals surface area contributed by atoms with E-state index in [1.54, 1.807) is 17.0 Å². The average Bonchev–Trinajstić information content (AvgIpc) is 3.62. The SMILES string of the molecule is O=c1c2c[nH]nc2c2cnc(NC[C@H]3COc4ccccc4O3)nc2n1-c1cccc2c1Cc1ccccc1-2. The Labute approximate surface area is 222 Å². The number of benzene rings is 3. The number of nitrogens with one attached hydrogen (secondary N) is 2. The molecule has 0 unspecified atom stereocenters. The van der Waals surface area contributed by atoms with Crippen LogP contribution in [0.5, 0.6) is 11.5 Å². The second kappa shape index (κ2) is 8.42. The monoisotopic (exact) mass is 514 g/mol. The standard InChI is InChI=1S/C30H22N6O3/c37-29-23-15-33-35-27(23)22-14-32-30(31-13-18-16-38-25-10-3-4-11-26(25)39-18)34-28(22)36(29)24-9-5-8-20-19-7-2-1-6-17(19)12-21(20)24/h1-11,14-15,18H,12-13,16H2,(H,33,35)(H,31,32,34)/t18-/m0/s1. The minimum absolute atomic E-state index is 0.180. The average molecular weight is 515 g/mol. The second-order valence-electron chi connectivity index (χ2n) is 9.73. The van der Waals surface area contributed by atoms with Crippen LogP contribution < -0.4 is 20.3 Å². The van der Waals surface area contributed by atoms with Crippen molar-refractivity contribution < 1.29 is 9.47 Å². The number of aromatic nitrogens is 5. The molecule has 0 saturated carbocycles. The minimum atomic E-state index is -0.217. The molecule has 6 aromatic rings. The third-order valence-electron chi connectivity index (χ3n) is 7.43. The fourth-order valence-electron chi connectivity index (χ4n) is 5.61. The maximum atomic E-state index is 13.9. The van der Waals surface area contributed by atoms with Gasteiger partial charge in [0.25, 0.3) is 5.56 Å². The third kappa shape index (κ3) is 3.40. The van der Waals surface area contributed by atoms with Gasteiger partial charge in [-0.05, 0) is 40.5 Å². The highest BCUT2D eigenvalue weighted by molar-refractivity contribution is 6.02. The molecular weight excluding hydrogens is 492 g/mol. The van der Waals surface area contributed by atoms with Crippen LogP contribution in [0.4, 0.5) is 5.95 Å². The molecule has 0 spiro atoms. The molecule has 4 heterocycles. The van der Waals surface area contributed by atoms with Gasteiger partial charge < -0.3 is 14.8 Å². The number of H-pyrrole nitrogens is 1. The van der Waals surface area contributed by atoms with Crippen molar-refractivity contribution in [1.82, 2.24) is 24.7 Å². The van der Waals surface area contributed by atoms with Crippen molar-refractivity contribution in [2.75, 3.05) is 18.5 Å². The van der Waals surface area contributed by atoms with E-state index in [0.29, 0.717) is 46.8 Å². The van der Waals surface area contributed by atoms with Gasteiger partial charge in [0.15, 0.2) is 17.1 Å². The van der Waals surface area contributed by atoms with Crippen LogP contribution in [0, 0.1) is 0 Å². The second-order valence-corrected chi connectivity index (χ2v) is 9.73. The summed E-state index contributed by atoms with van der Waals surface area (Å²) >= 11 is 0. The fraction of sp³-hybridized carbons (Fsp3) is 0.133. The van der Waals surface area contributed by atoms with Crippen molar-refractivity contribution in [1.29, 1.82) is 0 Å². The van der Waals surface area contributed by atoms with Crippen LogP contribution in [0.3, 0.4) is 0 Å². The summed E-state index contributed by atoms with van der Waals surface area (Å²) in [7, 11) is 0. The lowest BCUT2D eigenvalue weighted by molar-refractivity contribution is 0.0996. The van der Waals surface area contributed by atoms with Crippen LogP contribution in [0.2, 0.25) is 0 Å². The first-order valence-corrected chi connectivity index (χ1v) is 12.8. The van der Waals surface area contributed by atoms with E-state index < -0.39 is 0 Å². The van der Waals surface area contributed by atoms with E-state index in [2.05, 4.69) is 38.7 Å². The molecule has 3 aromatic heterocycles. The molecule has 8 rings (SSSR count). The Morgan fingerprint density at radius 2 is 1.82 bits per heavy atom. The van der Waals surface area contributed by atoms with Gasteiger partial charge in [0.1, 0.15) is 18.2 Å². The van der Waals surface area contributed by atoms with Crippen LogP contribution >= 0.6 is 0 Å². The van der Waals surface area contributed by atoms with E-state index in [9.17, 15) is 4.79 Å². The topological polar surface area (TPSA) is 107 Å². The van der Waals surface area contributed by atoms with Crippen LogP contribution in [0.15, 0.2) is 83.9 Å². The molecule has 39 heavy (non-hydrogen) atoms. The Morgan fingerprint density at radius 3 is 2.77 bits per heavy atom. The first-order valence-electron chi connectivity index (χ1n) is 12.8. The molecule has 0 amide bonds. The summed E-state index contributed by atoms with van der Waals surface area (Å²) in [5.41, 5.74) is 6.36. The minimum Gasteiger partial charge on any atom is -0.486 e. The molecule has 1 aliphatic carbocycles. The van der Waals surface area contributed by atoms with Gasteiger partial charge in [-0.25, -0.2) is 4.98 Å². The molecule has 0 bridgehead atoms. The quantitative estimate of drug-likeness (QED) is 0.357. The van der Waals surface area contributed by atoms with Gasteiger partial charge in [0, 0.05) is 18.8 Å². The Morgan fingerprint density at radius 1 is 0.974 bits per heavy atom. The zero-order valence-corrected chi connectivity index (χ0v) is 20.7. The molecular formula is C30H22N6O3. The molecule has 0 saturated heterocycles. The number of para-hydroxylation sites is 2. The summed E-state index contributed by atoms with van der Waals surface area (Å²) < 4.78 is 13.6. The Hall–Kier alpha value is -5.18. The highest BCUT2D eigenvalue weighted by Gasteiger charge is 2.25. The number of ether oxygens (including phenoxy) is 2. The molecule has 9 nitrogen and oxygen atoms in total. The smallest absolute Gasteiger partial charge is 0.267 e. The lowest BCUT2D eigenvalue weighted by atomic mass is 10.0. The van der Waals surface area contributed by atoms with Crippen LogP contribution in [0.25, 0.3) is 38.8 Å². The highest BCUT2D eigenvalue weighted by Crippen LogP contribution is 2.40. The van der Waals surface area contributed by atoms with E-state index in [0.717, 1.165) is 29.0 Å². The first-order chi connectivity index (χ1) is 19.2. The third-order valence-corrected chi connectivity index (χ3v) is 7.43. The zero-order valence-electron chi connectivity index (χ0n) is 20.7. The maximum absolute atomic E-state index is 13.9. The lowest BCUT2D eigenvalue weighted by Crippen LogP contribution is -2.35. The van der Waals surface area contributed by atoms with Gasteiger partial charge >= 0.3 is 0 Å². The van der Waals surface area contributed by atoms with E-state index in [4.69, 9.17) is 14.5 Å². The fourth-order valence-corrected chi connectivity index (χ4v) is 5.61. The lowest BCUT2D eigenvalue weighted by Gasteiger charge is -2.26. The normalized spacial score (nSPS) is 15.3. The molecule has 0 radical (unpaired) electrons. The molecule has 3 aromatic carbocycles. The summed E-state index contributed by atoms with van der Waals surface area (Å²) in [6.07, 6.45) is 3.88. The highest BCUT2D eigenvalue weighted by atomic mass is 16.6. The van der Waals surface area contributed by atoms with E-state index in [1.165, 1.54) is 11.1 Å². The van der Waals surface area contributed by atoms with E-state index in [1.807, 2.05) is 48.5 Å². The van der Waals surface area contributed by atoms with Crippen molar-refractivity contribution in [3.05, 3.63) is 101 Å². The van der Waals surface area contributed by atoms with Crippen molar-refractivity contribution in [2.24, 2.45) is 0 Å². The summed E-state index contributed by atoms with van der Waals surface area (Å²) in [6.45, 7) is 0.845. The Kier molecular flexibility index (Phi) is 4.72.